The van der Waals surface area contributed by atoms with Gasteiger partial charge in [0.05, 0.1) is 22.2 Å². The molecule has 0 unspecified atom stereocenters. The van der Waals surface area contributed by atoms with Crippen LogP contribution in [0, 0.1) is 0 Å². The second-order valence-electron chi connectivity index (χ2n) is 4.58. The summed E-state index contributed by atoms with van der Waals surface area (Å²) in [4.78, 5) is 27.4. The van der Waals surface area contributed by atoms with E-state index in [0.717, 1.165) is 11.3 Å². The van der Waals surface area contributed by atoms with Crippen molar-refractivity contribution in [2.45, 2.75) is 24.8 Å². The number of thiazole rings is 1. The standard InChI is InChI=1S/C13H15N3O5S2/c1-3-11(17)15-13-16(7-12(18)21-2)9-5-4-8(23(14,19)20)6-10(9)22-13/h4-6H,3,7H2,1-2H3,(H2,14,19,20). The normalized spacial score (nSPS) is 12.6. The highest BCUT2D eigenvalue weighted by atomic mass is 32.2. The van der Waals surface area contributed by atoms with Crippen molar-refractivity contribution in [1.82, 2.24) is 4.57 Å². The fraction of sp³-hybridized carbons (Fsp3) is 0.308. The second-order valence-corrected chi connectivity index (χ2v) is 7.15. The number of primary sulfonamides is 1. The lowest BCUT2D eigenvalue weighted by Gasteiger charge is -2.04. The molecule has 0 radical (unpaired) electrons. The third-order valence-corrected chi connectivity index (χ3v) is 4.97. The zero-order valence-corrected chi connectivity index (χ0v) is 14.1. The summed E-state index contributed by atoms with van der Waals surface area (Å²) >= 11 is 1.10. The van der Waals surface area contributed by atoms with Crippen LogP contribution in [0.25, 0.3) is 10.2 Å². The summed E-state index contributed by atoms with van der Waals surface area (Å²) < 4.78 is 29.6. The molecule has 124 valence electrons. The molecule has 2 rings (SSSR count). The molecule has 0 bridgehead atoms. The zero-order chi connectivity index (χ0) is 17.2. The van der Waals surface area contributed by atoms with E-state index in [1.807, 2.05) is 0 Å². The number of nitrogens with two attached hydrogens (primary N) is 1. The summed E-state index contributed by atoms with van der Waals surface area (Å²) in [5.41, 5.74) is 0.565. The van der Waals surface area contributed by atoms with E-state index in [9.17, 15) is 18.0 Å². The number of sulfonamides is 1. The molecule has 0 spiro atoms. The summed E-state index contributed by atoms with van der Waals surface area (Å²) in [6, 6.07) is 4.24. The first kappa shape index (κ1) is 17.3. The summed E-state index contributed by atoms with van der Waals surface area (Å²) in [6.07, 6.45) is 0.217. The molecule has 10 heteroatoms. The second kappa shape index (κ2) is 6.60. The van der Waals surface area contributed by atoms with Gasteiger partial charge in [-0.1, -0.05) is 18.3 Å². The van der Waals surface area contributed by atoms with Gasteiger partial charge in [-0.3, -0.25) is 9.59 Å². The van der Waals surface area contributed by atoms with Gasteiger partial charge >= 0.3 is 5.97 Å². The lowest BCUT2D eigenvalue weighted by atomic mass is 10.3. The Balaban J connectivity index is 2.72. The summed E-state index contributed by atoms with van der Waals surface area (Å²) in [5, 5.41) is 5.12. The number of hydrogen-bond acceptors (Lipinski definition) is 6. The fourth-order valence-corrected chi connectivity index (χ4v) is 3.55. The van der Waals surface area contributed by atoms with Crippen LogP contribution in [-0.2, 0) is 30.9 Å². The smallest absolute Gasteiger partial charge is 0.325 e. The van der Waals surface area contributed by atoms with Gasteiger partial charge in [0.15, 0.2) is 4.80 Å². The van der Waals surface area contributed by atoms with Crippen LogP contribution in [0.5, 0.6) is 0 Å². The number of carbonyl (C=O) groups is 2. The third kappa shape index (κ3) is 3.84. The monoisotopic (exact) mass is 357 g/mol. The van der Waals surface area contributed by atoms with Gasteiger partial charge in [-0.2, -0.15) is 4.99 Å². The maximum absolute atomic E-state index is 11.6. The van der Waals surface area contributed by atoms with Gasteiger partial charge in [0.2, 0.25) is 15.9 Å². The van der Waals surface area contributed by atoms with E-state index in [2.05, 4.69) is 9.73 Å². The minimum absolute atomic E-state index is 0.0511. The van der Waals surface area contributed by atoms with Crippen LogP contribution >= 0.6 is 11.3 Å². The van der Waals surface area contributed by atoms with Crippen molar-refractivity contribution < 1.29 is 22.7 Å². The summed E-state index contributed by atoms with van der Waals surface area (Å²) in [7, 11) is -2.59. The third-order valence-electron chi connectivity index (χ3n) is 3.02. The van der Waals surface area contributed by atoms with Gasteiger partial charge in [-0.05, 0) is 18.2 Å². The lowest BCUT2D eigenvalue weighted by Crippen LogP contribution is -2.22. The van der Waals surface area contributed by atoms with E-state index in [1.54, 1.807) is 6.92 Å². The van der Waals surface area contributed by atoms with Gasteiger partial charge in [-0.25, -0.2) is 13.6 Å². The van der Waals surface area contributed by atoms with Gasteiger partial charge in [0.1, 0.15) is 6.54 Å². The molecule has 0 fully saturated rings. The minimum atomic E-state index is -3.85. The molecular formula is C13H15N3O5S2. The molecule has 23 heavy (non-hydrogen) atoms. The van der Waals surface area contributed by atoms with Crippen LogP contribution < -0.4 is 9.94 Å². The molecule has 0 saturated heterocycles. The van der Waals surface area contributed by atoms with E-state index in [1.165, 1.54) is 29.9 Å². The van der Waals surface area contributed by atoms with E-state index >= 15 is 0 Å². The predicted octanol–water partition coefficient (Wildman–Crippen LogP) is 0.360. The minimum Gasteiger partial charge on any atom is -0.468 e. The number of ether oxygens (including phenoxy) is 1. The van der Waals surface area contributed by atoms with Crippen molar-refractivity contribution in [3.63, 3.8) is 0 Å². The first-order valence-electron chi connectivity index (χ1n) is 6.56. The quantitative estimate of drug-likeness (QED) is 0.792. The Morgan fingerprint density at radius 2 is 2.09 bits per heavy atom. The first-order chi connectivity index (χ1) is 10.8. The van der Waals surface area contributed by atoms with Gasteiger partial charge in [-0.15, -0.1) is 0 Å². The molecule has 0 saturated carbocycles. The van der Waals surface area contributed by atoms with Crippen molar-refractivity contribution in [3.8, 4) is 0 Å². The number of esters is 1. The van der Waals surface area contributed by atoms with Crippen LogP contribution in [0.3, 0.4) is 0 Å². The maximum Gasteiger partial charge on any atom is 0.325 e. The van der Waals surface area contributed by atoms with Crippen molar-refractivity contribution in [2.24, 2.45) is 10.1 Å². The molecule has 1 aromatic heterocycles. The van der Waals surface area contributed by atoms with Gasteiger partial charge < -0.3 is 9.30 Å². The van der Waals surface area contributed by atoms with Gasteiger partial charge in [0, 0.05) is 6.42 Å². The van der Waals surface area contributed by atoms with Crippen molar-refractivity contribution >= 4 is 43.5 Å². The number of aromatic nitrogens is 1. The Morgan fingerprint density at radius 1 is 1.39 bits per heavy atom. The highest BCUT2D eigenvalue weighted by Gasteiger charge is 2.15. The number of amides is 1. The maximum atomic E-state index is 11.6. The van der Waals surface area contributed by atoms with Crippen LogP contribution in [-0.4, -0.2) is 32.0 Å². The number of rotatable bonds is 4. The molecule has 0 aliphatic heterocycles. The Labute approximate surface area is 136 Å². The molecule has 2 aromatic rings. The molecule has 1 amide bonds. The van der Waals surface area contributed by atoms with Gasteiger partial charge in [0.25, 0.3) is 0 Å². The summed E-state index contributed by atoms with van der Waals surface area (Å²) in [5.74, 6) is -0.854. The van der Waals surface area contributed by atoms with E-state index in [-0.39, 0.29) is 23.8 Å². The lowest BCUT2D eigenvalue weighted by molar-refractivity contribution is -0.141. The molecule has 2 N–H and O–H groups in total. The number of nitrogens with zero attached hydrogens (tertiary/aromatic N) is 2. The number of benzene rings is 1. The van der Waals surface area contributed by atoms with E-state index in [0.29, 0.717) is 15.0 Å². The van der Waals surface area contributed by atoms with E-state index in [4.69, 9.17) is 5.14 Å². The predicted molar refractivity (Wildman–Crippen MR) is 84.1 cm³/mol. The molecule has 8 nitrogen and oxygen atoms in total. The summed E-state index contributed by atoms with van der Waals surface area (Å²) in [6.45, 7) is 1.53. The van der Waals surface area contributed by atoms with Crippen LogP contribution in [0.2, 0.25) is 0 Å². The molecule has 1 heterocycles. The molecule has 0 aliphatic carbocycles. The van der Waals surface area contributed by atoms with Crippen LogP contribution in [0.1, 0.15) is 13.3 Å². The number of fused-ring (bicyclic) bond motifs is 1. The molecule has 1 aromatic carbocycles. The number of hydrogen-bond donors (Lipinski definition) is 1. The molecule has 0 aliphatic rings. The van der Waals surface area contributed by atoms with Crippen molar-refractivity contribution in [1.29, 1.82) is 0 Å². The Kier molecular flexibility index (Phi) is 4.97. The number of carbonyl (C=O) groups excluding carboxylic acids is 2. The zero-order valence-electron chi connectivity index (χ0n) is 12.5. The average Bonchev–Trinajstić information content (AvgIpc) is 2.82. The fourth-order valence-electron chi connectivity index (χ4n) is 1.85. The topological polar surface area (TPSA) is 121 Å². The Hall–Kier alpha value is -2.04. The van der Waals surface area contributed by atoms with Crippen molar-refractivity contribution in [3.05, 3.63) is 23.0 Å². The Morgan fingerprint density at radius 3 is 2.65 bits per heavy atom. The van der Waals surface area contributed by atoms with Crippen LogP contribution in [0.4, 0.5) is 0 Å². The Bertz CT molecular complexity index is 940. The van der Waals surface area contributed by atoms with E-state index < -0.39 is 16.0 Å². The highest BCUT2D eigenvalue weighted by Crippen LogP contribution is 2.21. The van der Waals surface area contributed by atoms with Crippen LogP contribution in [0.15, 0.2) is 28.1 Å². The molecular weight excluding hydrogens is 342 g/mol. The molecule has 0 atom stereocenters. The average molecular weight is 357 g/mol. The SMILES string of the molecule is CCC(=O)N=c1sc2cc(S(N)(=O)=O)ccc2n1CC(=O)OC. The highest BCUT2D eigenvalue weighted by molar-refractivity contribution is 7.89. The number of methoxy groups -OCH3 is 1. The largest absolute Gasteiger partial charge is 0.468 e. The van der Waals surface area contributed by atoms with Crippen molar-refractivity contribution in [2.75, 3.05) is 7.11 Å². The first-order valence-corrected chi connectivity index (χ1v) is 8.93.